The molecule has 0 amide bonds. The van der Waals surface area contributed by atoms with Crippen LogP contribution in [0, 0.1) is 0 Å². The van der Waals surface area contributed by atoms with E-state index in [0.717, 1.165) is 37.8 Å². The monoisotopic (exact) mass is 310 g/mol. The third-order valence-corrected chi connectivity index (χ3v) is 6.09. The van der Waals surface area contributed by atoms with E-state index in [0.29, 0.717) is 4.90 Å². The van der Waals surface area contributed by atoms with Crippen molar-refractivity contribution in [1.29, 1.82) is 0 Å². The molecule has 0 saturated heterocycles. The van der Waals surface area contributed by atoms with Crippen molar-refractivity contribution in [3.8, 4) is 0 Å². The van der Waals surface area contributed by atoms with E-state index in [-0.39, 0.29) is 11.6 Å². The van der Waals surface area contributed by atoms with Crippen LogP contribution >= 0.6 is 0 Å². The molecule has 1 atom stereocenters. The van der Waals surface area contributed by atoms with Crippen LogP contribution in [0.1, 0.15) is 58.1 Å². The van der Waals surface area contributed by atoms with Crippen LogP contribution in [0.5, 0.6) is 0 Å². The minimum atomic E-state index is -3.44. The van der Waals surface area contributed by atoms with E-state index in [1.165, 1.54) is 0 Å². The largest absolute Gasteiger partial charge is 0.310 e. The summed E-state index contributed by atoms with van der Waals surface area (Å²) < 4.78 is 28.1. The molecule has 21 heavy (non-hydrogen) atoms. The summed E-state index contributed by atoms with van der Waals surface area (Å²) in [4.78, 5) is 0.365. The van der Waals surface area contributed by atoms with E-state index < -0.39 is 10.0 Å². The average Bonchev–Trinajstić information content (AvgIpc) is 2.43. The van der Waals surface area contributed by atoms with Crippen LogP contribution in [0.15, 0.2) is 29.2 Å². The number of benzene rings is 1. The van der Waals surface area contributed by atoms with Crippen LogP contribution in [0.3, 0.4) is 0 Å². The van der Waals surface area contributed by atoms with Gasteiger partial charge in [0.15, 0.2) is 0 Å². The summed E-state index contributed by atoms with van der Waals surface area (Å²) in [5, 5.41) is 3.31. The maximum Gasteiger partial charge on any atom is 0.241 e. The van der Waals surface area contributed by atoms with Crippen molar-refractivity contribution in [2.24, 2.45) is 0 Å². The molecule has 0 heterocycles. The van der Waals surface area contributed by atoms with Gasteiger partial charge in [0.05, 0.1) is 4.90 Å². The highest BCUT2D eigenvalue weighted by Crippen LogP contribution is 2.36. The van der Waals surface area contributed by atoms with Gasteiger partial charge in [-0.25, -0.2) is 13.1 Å². The van der Waals surface area contributed by atoms with Gasteiger partial charge in [-0.05, 0) is 56.8 Å². The summed E-state index contributed by atoms with van der Waals surface area (Å²) >= 11 is 0. The molecule has 0 spiro atoms. The molecule has 0 bridgehead atoms. The average molecular weight is 310 g/mol. The van der Waals surface area contributed by atoms with Crippen LogP contribution in [-0.2, 0) is 10.0 Å². The molecule has 0 radical (unpaired) electrons. The van der Waals surface area contributed by atoms with Crippen LogP contribution < -0.4 is 10.0 Å². The van der Waals surface area contributed by atoms with Crippen molar-refractivity contribution in [2.45, 2.75) is 62.9 Å². The molecule has 1 aromatic carbocycles. The fourth-order valence-electron chi connectivity index (χ4n) is 2.85. The number of nitrogens with one attached hydrogen (secondary N) is 2. The fourth-order valence-corrected chi connectivity index (χ4v) is 4.44. The molecule has 1 aliphatic carbocycles. The topological polar surface area (TPSA) is 58.2 Å². The van der Waals surface area contributed by atoms with Crippen LogP contribution in [-0.4, -0.2) is 20.5 Å². The number of hydrogen-bond acceptors (Lipinski definition) is 3. The van der Waals surface area contributed by atoms with Gasteiger partial charge >= 0.3 is 0 Å². The molecule has 2 N–H and O–H groups in total. The zero-order valence-electron chi connectivity index (χ0n) is 13.1. The van der Waals surface area contributed by atoms with E-state index in [9.17, 15) is 8.42 Å². The Labute approximate surface area is 128 Å². The lowest BCUT2D eigenvalue weighted by Gasteiger charge is -2.41. The van der Waals surface area contributed by atoms with Gasteiger partial charge in [-0.1, -0.05) is 26.0 Å². The number of hydrogen-bond donors (Lipinski definition) is 2. The summed E-state index contributed by atoms with van der Waals surface area (Å²) in [6, 6.07) is 7.38. The Morgan fingerprint density at radius 3 is 2.52 bits per heavy atom. The first-order valence-electron chi connectivity index (χ1n) is 7.80. The summed E-state index contributed by atoms with van der Waals surface area (Å²) in [7, 11) is -3.44. The Hall–Kier alpha value is -0.910. The van der Waals surface area contributed by atoms with E-state index in [4.69, 9.17) is 0 Å². The van der Waals surface area contributed by atoms with Crippen molar-refractivity contribution >= 4 is 10.0 Å². The summed E-state index contributed by atoms with van der Waals surface area (Å²) in [6.45, 7) is 6.99. The Kier molecular flexibility index (Phi) is 5.07. The number of rotatable bonds is 7. The van der Waals surface area contributed by atoms with Crippen LogP contribution in [0.2, 0.25) is 0 Å². The first-order chi connectivity index (χ1) is 9.92. The molecule has 4 nitrogen and oxygen atoms in total. The zero-order chi connectivity index (χ0) is 15.5. The third-order valence-electron chi connectivity index (χ3n) is 4.52. The van der Waals surface area contributed by atoms with E-state index in [1.54, 1.807) is 12.1 Å². The second-order valence-corrected chi connectivity index (χ2v) is 7.63. The summed E-state index contributed by atoms with van der Waals surface area (Å²) in [5.74, 6) is 0. The van der Waals surface area contributed by atoms with Crippen molar-refractivity contribution in [1.82, 2.24) is 10.0 Å². The normalized spacial score (nSPS) is 19.0. The standard InChI is InChI=1S/C16H26N2O2S/c1-4-16(10-7-11-16)18-21(19,20)15-9-6-8-14(12-15)13(3)17-5-2/h6,8-9,12-13,17-18H,4-5,7,10-11H2,1-3H3. The molecule has 0 aliphatic heterocycles. The Bertz CT molecular complexity index is 574. The van der Waals surface area contributed by atoms with E-state index >= 15 is 0 Å². The highest BCUT2D eigenvalue weighted by molar-refractivity contribution is 7.89. The highest BCUT2D eigenvalue weighted by Gasteiger charge is 2.39. The minimum absolute atomic E-state index is 0.147. The SMILES string of the molecule is CCNC(C)c1cccc(S(=O)(=O)NC2(CC)CCC2)c1. The van der Waals surface area contributed by atoms with Gasteiger partial charge in [0.1, 0.15) is 0 Å². The smallest absolute Gasteiger partial charge is 0.241 e. The predicted molar refractivity (Wildman–Crippen MR) is 85.7 cm³/mol. The Morgan fingerprint density at radius 2 is 2.00 bits per heavy atom. The molecule has 1 saturated carbocycles. The van der Waals surface area contributed by atoms with Gasteiger partial charge in [-0.3, -0.25) is 0 Å². The Balaban J connectivity index is 2.22. The number of sulfonamides is 1. The second-order valence-electron chi connectivity index (χ2n) is 5.94. The Morgan fingerprint density at radius 1 is 1.29 bits per heavy atom. The van der Waals surface area contributed by atoms with Crippen molar-refractivity contribution < 1.29 is 8.42 Å². The van der Waals surface area contributed by atoms with Crippen LogP contribution in [0.25, 0.3) is 0 Å². The molecule has 1 fully saturated rings. The first kappa shape index (κ1) is 16.5. The lowest BCUT2D eigenvalue weighted by molar-refractivity contribution is 0.214. The highest BCUT2D eigenvalue weighted by atomic mass is 32.2. The summed E-state index contributed by atoms with van der Waals surface area (Å²) in [6.07, 6.45) is 3.83. The van der Waals surface area contributed by atoms with Gasteiger partial charge in [0.25, 0.3) is 0 Å². The van der Waals surface area contributed by atoms with Crippen LogP contribution in [0.4, 0.5) is 0 Å². The second kappa shape index (κ2) is 6.46. The van der Waals surface area contributed by atoms with E-state index in [1.807, 2.05) is 32.9 Å². The van der Waals surface area contributed by atoms with E-state index in [2.05, 4.69) is 10.0 Å². The molecule has 1 aliphatic rings. The lowest BCUT2D eigenvalue weighted by Crippen LogP contribution is -2.52. The minimum Gasteiger partial charge on any atom is -0.310 e. The third kappa shape index (κ3) is 3.65. The molecule has 1 aromatic rings. The zero-order valence-corrected chi connectivity index (χ0v) is 14.0. The van der Waals surface area contributed by atoms with Gasteiger partial charge in [-0.2, -0.15) is 0 Å². The fraction of sp³-hybridized carbons (Fsp3) is 0.625. The maximum atomic E-state index is 12.6. The molecular weight excluding hydrogens is 284 g/mol. The van der Waals surface area contributed by atoms with Crippen molar-refractivity contribution in [3.63, 3.8) is 0 Å². The quantitative estimate of drug-likeness (QED) is 0.814. The summed E-state index contributed by atoms with van der Waals surface area (Å²) in [5.41, 5.74) is 0.779. The van der Waals surface area contributed by atoms with Crippen molar-refractivity contribution in [3.05, 3.63) is 29.8 Å². The molecule has 118 valence electrons. The molecule has 5 heteroatoms. The first-order valence-corrected chi connectivity index (χ1v) is 9.28. The predicted octanol–water partition coefficient (Wildman–Crippen LogP) is 2.97. The molecule has 1 unspecified atom stereocenters. The van der Waals surface area contributed by atoms with Gasteiger partial charge in [-0.15, -0.1) is 0 Å². The molecule has 2 rings (SSSR count). The molecular formula is C16H26N2O2S. The maximum absolute atomic E-state index is 12.6. The molecule has 0 aromatic heterocycles. The van der Waals surface area contributed by atoms with Gasteiger partial charge < -0.3 is 5.32 Å². The lowest BCUT2D eigenvalue weighted by atomic mass is 9.76. The van der Waals surface area contributed by atoms with Crippen molar-refractivity contribution in [2.75, 3.05) is 6.54 Å². The van der Waals surface area contributed by atoms with Gasteiger partial charge in [0, 0.05) is 11.6 Å². The van der Waals surface area contributed by atoms with Gasteiger partial charge in [0.2, 0.25) is 10.0 Å².